The topological polar surface area (TPSA) is 61.9 Å². The summed E-state index contributed by atoms with van der Waals surface area (Å²) in [4.78, 5) is 30.1. The van der Waals surface area contributed by atoms with Gasteiger partial charge in [0.05, 0.1) is 11.3 Å². The molecule has 2 amide bonds. The highest BCUT2D eigenvalue weighted by Crippen LogP contribution is 2.34. The van der Waals surface area contributed by atoms with Crippen molar-refractivity contribution in [2.24, 2.45) is 0 Å². The Morgan fingerprint density at radius 1 is 0.939 bits per heavy atom. The fourth-order valence-corrected chi connectivity index (χ4v) is 4.63. The number of anilines is 2. The van der Waals surface area contributed by atoms with Crippen molar-refractivity contribution >= 4 is 23.2 Å². The number of nitrogens with one attached hydrogen (secondary N) is 1. The Balaban J connectivity index is 1.31. The number of nitrogens with zero attached hydrogens (tertiary/aromatic N) is 2. The third kappa shape index (κ3) is 4.29. The molecule has 2 aliphatic heterocycles. The van der Waals surface area contributed by atoms with Crippen LogP contribution in [-0.2, 0) is 0 Å². The number of hydrogen-bond acceptors (Lipinski definition) is 4. The van der Waals surface area contributed by atoms with E-state index in [1.165, 1.54) is 0 Å². The molecular formula is C27H27N3O3. The number of rotatable bonds is 4. The van der Waals surface area contributed by atoms with E-state index in [9.17, 15) is 9.59 Å². The van der Waals surface area contributed by atoms with Crippen molar-refractivity contribution in [3.05, 3.63) is 83.9 Å². The fourth-order valence-electron chi connectivity index (χ4n) is 4.63. The Morgan fingerprint density at radius 2 is 1.70 bits per heavy atom. The van der Waals surface area contributed by atoms with Crippen LogP contribution in [0.5, 0.6) is 11.5 Å². The van der Waals surface area contributed by atoms with Crippen LogP contribution in [0.1, 0.15) is 46.4 Å². The van der Waals surface area contributed by atoms with Gasteiger partial charge in [-0.3, -0.25) is 9.59 Å². The molecule has 2 heterocycles. The molecule has 1 unspecified atom stereocenters. The normalized spacial score (nSPS) is 17.6. The first kappa shape index (κ1) is 21.1. The van der Waals surface area contributed by atoms with Crippen molar-refractivity contribution in [1.29, 1.82) is 0 Å². The zero-order chi connectivity index (χ0) is 22.8. The summed E-state index contributed by atoms with van der Waals surface area (Å²) in [5.41, 5.74) is 2.69. The van der Waals surface area contributed by atoms with Crippen LogP contribution in [0, 0.1) is 0 Å². The molecule has 0 aromatic heterocycles. The van der Waals surface area contributed by atoms with Gasteiger partial charge in [-0.2, -0.15) is 0 Å². The highest BCUT2D eigenvalue weighted by atomic mass is 16.5. The third-order valence-corrected chi connectivity index (χ3v) is 6.39. The molecule has 1 atom stereocenters. The van der Waals surface area contributed by atoms with Gasteiger partial charge in [-0.1, -0.05) is 24.6 Å². The van der Waals surface area contributed by atoms with Crippen molar-refractivity contribution < 1.29 is 14.3 Å². The molecule has 0 radical (unpaired) electrons. The van der Waals surface area contributed by atoms with Gasteiger partial charge in [0.25, 0.3) is 11.8 Å². The second-order valence-electron chi connectivity index (χ2n) is 8.56. The number of carbonyl (C=O) groups is 2. The first-order valence-electron chi connectivity index (χ1n) is 11.4. The molecule has 1 saturated heterocycles. The predicted molar refractivity (Wildman–Crippen MR) is 129 cm³/mol. The Hall–Kier alpha value is -3.80. The zero-order valence-corrected chi connectivity index (χ0v) is 18.7. The molecule has 3 aromatic carbocycles. The molecule has 33 heavy (non-hydrogen) atoms. The van der Waals surface area contributed by atoms with E-state index < -0.39 is 0 Å². The highest BCUT2D eigenvalue weighted by Gasteiger charge is 2.36. The quantitative estimate of drug-likeness (QED) is 0.579. The van der Waals surface area contributed by atoms with Gasteiger partial charge >= 0.3 is 0 Å². The van der Waals surface area contributed by atoms with E-state index in [0.29, 0.717) is 22.6 Å². The summed E-state index contributed by atoms with van der Waals surface area (Å²) < 4.78 is 5.81. The van der Waals surface area contributed by atoms with Crippen LogP contribution in [0.4, 0.5) is 11.4 Å². The van der Waals surface area contributed by atoms with Crippen molar-refractivity contribution in [3.8, 4) is 11.5 Å². The number of benzene rings is 3. The van der Waals surface area contributed by atoms with Crippen LogP contribution in [-0.4, -0.2) is 36.5 Å². The van der Waals surface area contributed by atoms with Crippen LogP contribution in [0.3, 0.4) is 0 Å². The number of amides is 2. The lowest BCUT2D eigenvalue weighted by atomic mass is 10.0. The maximum atomic E-state index is 13.1. The number of fused-ring (bicyclic) bond motifs is 2. The summed E-state index contributed by atoms with van der Waals surface area (Å²) in [6.45, 7) is 0.791. The minimum atomic E-state index is -0.210. The van der Waals surface area contributed by atoms with E-state index >= 15 is 0 Å². The first-order chi connectivity index (χ1) is 16.1. The summed E-state index contributed by atoms with van der Waals surface area (Å²) in [6, 6.07) is 22.2. The highest BCUT2D eigenvalue weighted by molar-refractivity contribution is 6.08. The Morgan fingerprint density at radius 3 is 2.48 bits per heavy atom. The Kier molecular flexibility index (Phi) is 5.73. The molecule has 0 saturated carbocycles. The molecule has 2 aliphatic rings. The smallest absolute Gasteiger partial charge is 0.257 e. The van der Waals surface area contributed by atoms with Gasteiger partial charge in [-0.15, -0.1) is 0 Å². The third-order valence-electron chi connectivity index (χ3n) is 6.39. The van der Waals surface area contributed by atoms with Gasteiger partial charge in [-0.05, 0) is 73.9 Å². The standard InChI is InChI=1S/C27H27N3O3/c1-29-24-18-19(11-16-23(24)27(32)30-17-7-3-6-10-25(29)30)26(31)28-20-12-14-22(15-13-20)33-21-8-4-2-5-9-21/h2,4-5,8-9,11-16,18,25H,3,6-7,10,17H2,1H3,(H,28,31). The SMILES string of the molecule is CN1c2cc(C(=O)Nc3ccc(Oc4ccccc4)cc3)ccc2C(=O)N2CCCCCC21. The number of ether oxygens (including phenoxy) is 1. The average Bonchev–Trinajstić information content (AvgIpc) is 3.11. The molecule has 3 aromatic rings. The summed E-state index contributed by atoms with van der Waals surface area (Å²) in [5.74, 6) is 1.31. The van der Waals surface area contributed by atoms with Crippen LogP contribution in [0.25, 0.3) is 0 Å². The van der Waals surface area contributed by atoms with Gasteiger partial charge in [0.1, 0.15) is 17.7 Å². The summed E-state index contributed by atoms with van der Waals surface area (Å²) in [5, 5.41) is 2.94. The van der Waals surface area contributed by atoms with Gasteiger partial charge in [-0.25, -0.2) is 0 Å². The van der Waals surface area contributed by atoms with Crippen molar-refractivity contribution in [1.82, 2.24) is 4.90 Å². The molecule has 168 valence electrons. The van der Waals surface area contributed by atoms with Gasteiger partial charge in [0.15, 0.2) is 0 Å². The van der Waals surface area contributed by atoms with Crippen LogP contribution < -0.4 is 15.0 Å². The maximum absolute atomic E-state index is 13.1. The second-order valence-corrected chi connectivity index (χ2v) is 8.56. The molecule has 0 aliphatic carbocycles. The van der Waals surface area contributed by atoms with Crippen LogP contribution in [0.15, 0.2) is 72.8 Å². The molecule has 1 N–H and O–H groups in total. The lowest BCUT2D eigenvalue weighted by Crippen LogP contribution is -2.53. The Bertz CT molecular complexity index is 1160. The summed E-state index contributed by atoms with van der Waals surface area (Å²) in [7, 11) is 2.02. The largest absolute Gasteiger partial charge is 0.457 e. The monoisotopic (exact) mass is 441 g/mol. The summed E-state index contributed by atoms with van der Waals surface area (Å²) in [6.07, 6.45) is 4.31. The average molecular weight is 442 g/mol. The van der Waals surface area contributed by atoms with Crippen molar-refractivity contribution in [2.75, 3.05) is 23.8 Å². The molecule has 6 nitrogen and oxygen atoms in total. The molecule has 6 heteroatoms. The first-order valence-corrected chi connectivity index (χ1v) is 11.4. The lowest BCUT2D eigenvalue weighted by molar-refractivity contribution is 0.0661. The maximum Gasteiger partial charge on any atom is 0.257 e. The summed E-state index contributed by atoms with van der Waals surface area (Å²) >= 11 is 0. The lowest BCUT2D eigenvalue weighted by Gasteiger charge is -2.43. The van der Waals surface area contributed by atoms with Crippen molar-refractivity contribution in [2.45, 2.75) is 31.8 Å². The Labute approximate surface area is 193 Å². The molecule has 1 fully saturated rings. The fraction of sp³-hybridized carbons (Fsp3) is 0.259. The number of para-hydroxylation sites is 1. The molecule has 0 spiro atoms. The van der Waals surface area contributed by atoms with Gasteiger partial charge in [0.2, 0.25) is 0 Å². The zero-order valence-electron chi connectivity index (χ0n) is 18.7. The second kappa shape index (κ2) is 8.98. The molecule has 5 rings (SSSR count). The van der Waals surface area contributed by atoms with Crippen LogP contribution in [0.2, 0.25) is 0 Å². The van der Waals surface area contributed by atoms with Gasteiger partial charge in [0, 0.05) is 24.8 Å². The van der Waals surface area contributed by atoms with E-state index in [1.807, 2.05) is 72.6 Å². The van der Waals surface area contributed by atoms with E-state index in [2.05, 4.69) is 10.2 Å². The number of hydrogen-bond donors (Lipinski definition) is 1. The molecular weight excluding hydrogens is 414 g/mol. The number of carbonyl (C=O) groups excluding carboxylic acids is 2. The minimum Gasteiger partial charge on any atom is -0.457 e. The van der Waals surface area contributed by atoms with E-state index in [4.69, 9.17) is 4.74 Å². The molecule has 0 bridgehead atoms. The minimum absolute atomic E-state index is 0.0583. The van der Waals surface area contributed by atoms with Crippen LogP contribution >= 0.6 is 0 Å². The predicted octanol–water partition coefficient (Wildman–Crippen LogP) is 5.52. The van der Waals surface area contributed by atoms with E-state index in [0.717, 1.165) is 43.7 Å². The van der Waals surface area contributed by atoms with Gasteiger partial charge < -0.3 is 19.9 Å². The van der Waals surface area contributed by atoms with Crippen molar-refractivity contribution in [3.63, 3.8) is 0 Å². The van der Waals surface area contributed by atoms with E-state index in [1.54, 1.807) is 12.1 Å². The van der Waals surface area contributed by atoms with E-state index in [-0.39, 0.29) is 18.0 Å².